The highest BCUT2D eigenvalue weighted by Crippen LogP contribution is 2.38. The maximum atomic E-state index is 13.4. The number of halogens is 6. The van der Waals surface area contributed by atoms with Gasteiger partial charge in [0.1, 0.15) is 17.2 Å². The van der Waals surface area contributed by atoms with Gasteiger partial charge in [0.2, 0.25) is 0 Å². The summed E-state index contributed by atoms with van der Waals surface area (Å²) in [5, 5.41) is 2.91. The molecule has 1 amide bonds. The molecule has 0 aliphatic carbocycles. The van der Waals surface area contributed by atoms with Crippen molar-refractivity contribution in [3.63, 3.8) is 0 Å². The van der Waals surface area contributed by atoms with E-state index in [-0.39, 0.29) is 5.70 Å². The average Bonchev–Trinajstić information content (AvgIpc) is 3.15. The van der Waals surface area contributed by atoms with Crippen LogP contribution in [0.3, 0.4) is 0 Å². The summed E-state index contributed by atoms with van der Waals surface area (Å²) >= 11 is 0. The normalized spacial score (nSPS) is 16.0. The van der Waals surface area contributed by atoms with Crippen LogP contribution in [0.1, 0.15) is 24.1 Å². The first kappa shape index (κ1) is 25.9. The first-order valence-corrected chi connectivity index (χ1v) is 11.0. The van der Waals surface area contributed by atoms with Gasteiger partial charge in [0, 0.05) is 11.4 Å². The zero-order valence-corrected chi connectivity index (χ0v) is 19.2. The molecule has 0 fully saturated rings. The summed E-state index contributed by atoms with van der Waals surface area (Å²) in [6.07, 6.45) is -7.29. The fourth-order valence-corrected chi connectivity index (χ4v) is 3.88. The summed E-state index contributed by atoms with van der Waals surface area (Å²) in [5.74, 6) is -1.33. The minimum Gasteiger partial charge on any atom is -0.406 e. The van der Waals surface area contributed by atoms with Gasteiger partial charge in [0.15, 0.2) is 0 Å². The van der Waals surface area contributed by atoms with Crippen molar-refractivity contribution in [3.05, 3.63) is 95.7 Å². The zero-order chi connectivity index (χ0) is 26.8. The fraction of sp³-hybridized carbons (Fsp3) is 0.192. The minimum atomic E-state index is -4.85. The molecule has 37 heavy (non-hydrogen) atoms. The number of amides is 1. The van der Waals surface area contributed by atoms with Crippen LogP contribution in [-0.2, 0) is 11.2 Å². The van der Waals surface area contributed by atoms with Crippen LogP contribution in [0, 0.1) is 0 Å². The second-order valence-electron chi connectivity index (χ2n) is 8.04. The number of alkyl halides is 6. The van der Waals surface area contributed by atoms with Gasteiger partial charge < -0.3 is 14.8 Å². The van der Waals surface area contributed by atoms with Crippen LogP contribution < -0.4 is 19.7 Å². The lowest BCUT2D eigenvalue weighted by Crippen LogP contribution is -2.30. The van der Waals surface area contributed by atoms with Crippen molar-refractivity contribution in [2.45, 2.75) is 32.1 Å². The molecule has 1 aliphatic rings. The fourth-order valence-electron chi connectivity index (χ4n) is 3.88. The Morgan fingerprint density at radius 1 is 0.838 bits per heavy atom. The molecule has 1 aliphatic heterocycles. The third kappa shape index (κ3) is 6.54. The number of hydrogen-bond acceptors (Lipinski definition) is 4. The Morgan fingerprint density at radius 2 is 1.41 bits per heavy atom. The summed E-state index contributed by atoms with van der Waals surface area (Å²) in [7, 11) is 0. The number of carbonyl (C=O) groups is 1. The van der Waals surface area contributed by atoms with E-state index >= 15 is 0 Å². The lowest BCUT2D eigenvalue weighted by Gasteiger charge is -2.26. The molecule has 3 aromatic carbocycles. The van der Waals surface area contributed by atoms with E-state index in [2.05, 4.69) is 14.8 Å². The van der Waals surface area contributed by atoms with Crippen LogP contribution in [0.25, 0.3) is 0 Å². The monoisotopic (exact) mass is 522 g/mol. The average molecular weight is 522 g/mol. The van der Waals surface area contributed by atoms with Crippen molar-refractivity contribution in [2.24, 2.45) is 0 Å². The molecule has 1 unspecified atom stereocenters. The van der Waals surface area contributed by atoms with Gasteiger partial charge in [-0.2, -0.15) is 0 Å². The molecule has 0 bridgehead atoms. The maximum absolute atomic E-state index is 13.4. The summed E-state index contributed by atoms with van der Waals surface area (Å²) in [6, 6.07) is 16.7. The highest BCUT2D eigenvalue weighted by molar-refractivity contribution is 6.11. The Balaban J connectivity index is 1.63. The van der Waals surface area contributed by atoms with Gasteiger partial charge in [-0.05, 0) is 72.2 Å². The number of nitrogens with one attached hydrogen (secondary N) is 1. The molecule has 4 rings (SSSR count). The van der Waals surface area contributed by atoms with E-state index in [1.165, 1.54) is 29.2 Å². The highest BCUT2D eigenvalue weighted by atomic mass is 19.4. The number of carbonyl (C=O) groups excluding carboxylic acids is 1. The Kier molecular flexibility index (Phi) is 7.06. The molecule has 0 aromatic heterocycles. The van der Waals surface area contributed by atoms with Crippen molar-refractivity contribution >= 4 is 17.3 Å². The van der Waals surface area contributed by atoms with E-state index in [0.717, 1.165) is 41.8 Å². The molecule has 0 saturated heterocycles. The smallest absolute Gasteiger partial charge is 0.406 e. The Bertz CT molecular complexity index is 1290. The predicted octanol–water partition coefficient (Wildman–Crippen LogP) is 7.13. The maximum Gasteiger partial charge on any atom is 0.573 e. The van der Waals surface area contributed by atoms with Crippen molar-refractivity contribution in [3.8, 4) is 11.5 Å². The lowest BCUT2D eigenvalue weighted by atomic mass is 10.0. The van der Waals surface area contributed by atoms with E-state index in [1.54, 1.807) is 6.08 Å². The summed E-state index contributed by atoms with van der Waals surface area (Å²) < 4.78 is 82.7. The van der Waals surface area contributed by atoms with Gasteiger partial charge in [-0.25, -0.2) is 0 Å². The molecular formula is C26H20F6N2O3. The van der Waals surface area contributed by atoms with E-state index in [9.17, 15) is 31.1 Å². The number of hydrogen-bond donors (Lipinski definition) is 1. The van der Waals surface area contributed by atoms with Crippen LogP contribution in [0.5, 0.6) is 11.5 Å². The quantitative estimate of drug-likeness (QED) is 0.336. The molecular weight excluding hydrogens is 502 g/mol. The first-order valence-electron chi connectivity index (χ1n) is 11.0. The number of aryl methyl sites for hydroxylation is 1. The van der Waals surface area contributed by atoms with E-state index in [0.29, 0.717) is 11.4 Å². The van der Waals surface area contributed by atoms with E-state index < -0.39 is 36.2 Å². The molecule has 0 radical (unpaired) electrons. The number of benzene rings is 3. The highest BCUT2D eigenvalue weighted by Gasteiger charge is 2.36. The molecule has 0 saturated carbocycles. The van der Waals surface area contributed by atoms with Gasteiger partial charge in [-0.3, -0.25) is 9.69 Å². The van der Waals surface area contributed by atoms with Crippen LogP contribution in [0.4, 0.5) is 37.7 Å². The van der Waals surface area contributed by atoms with Gasteiger partial charge >= 0.3 is 12.7 Å². The van der Waals surface area contributed by atoms with Crippen LogP contribution in [-0.4, -0.2) is 18.6 Å². The number of ether oxygens (including phenoxy) is 2. The Morgan fingerprint density at radius 3 is 1.95 bits per heavy atom. The van der Waals surface area contributed by atoms with Crippen molar-refractivity contribution in [2.75, 3.05) is 10.2 Å². The third-order valence-corrected chi connectivity index (χ3v) is 5.47. The molecule has 1 heterocycles. The second-order valence-corrected chi connectivity index (χ2v) is 8.04. The largest absolute Gasteiger partial charge is 0.573 e. The Labute approximate surface area is 207 Å². The van der Waals surface area contributed by atoms with E-state index in [1.807, 2.05) is 31.2 Å². The van der Waals surface area contributed by atoms with Crippen molar-refractivity contribution in [1.29, 1.82) is 0 Å². The van der Waals surface area contributed by atoms with Crippen molar-refractivity contribution < 1.29 is 40.6 Å². The SMILES string of the molecule is CCc1cccc(C2C=C(Nc3ccc(OC(F)(F)F)cc3)C(=O)N2c2ccc(OC(F)(F)F)cc2)c1. The lowest BCUT2D eigenvalue weighted by molar-refractivity contribution is -0.275. The second kappa shape index (κ2) is 10.1. The zero-order valence-electron chi connectivity index (χ0n) is 19.2. The van der Waals surface area contributed by atoms with Gasteiger partial charge in [-0.15, -0.1) is 26.3 Å². The van der Waals surface area contributed by atoms with Crippen LogP contribution in [0.15, 0.2) is 84.6 Å². The molecule has 3 aromatic rings. The van der Waals surface area contributed by atoms with E-state index in [4.69, 9.17) is 0 Å². The third-order valence-electron chi connectivity index (χ3n) is 5.47. The molecule has 1 N–H and O–H groups in total. The number of rotatable bonds is 7. The summed E-state index contributed by atoms with van der Waals surface area (Å²) in [6.45, 7) is 1.98. The van der Waals surface area contributed by atoms with Crippen LogP contribution >= 0.6 is 0 Å². The molecule has 11 heteroatoms. The van der Waals surface area contributed by atoms with Gasteiger partial charge in [-0.1, -0.05) is 31.2 Å². The number of anilines is 2. The minimum absolute atomic E-state index is 0.145. The topological polar surface area (TPSA) is 50.8 Å². The predicted molar refractivity (Wildman–Crippen MR) is 124 cm³/mol. The summed E-state index contributed by atoms with van der Waals surface area (Å²) in [4.78, 5) is 14.8. The number of nitrogens with zero attached hydrogens (tertiary/aromatic N) is 1. The molecule has 1 atom stereocenters. The molecule has 194 valence electrons. The first-order chi connectivity index (χ1) is 17.4. The van der Waals surface area contributed by atoms with Crippen molar-refractivity contribution in [1.82, 2.24) is 0 Å². The van der Waals surface area contributed by atoms with Gasteiger partial charge in [0.25, 0.3) is 5.91 Å². The Hall–Kier alpha value is -4.15. The summed E-state index contributed by atoms with van der Waals surface area (Å²) in [5.41, 5.74) is 2.61. The molecule has 5 nitrogen and oxygen atoms in total. The van der Waals surface area contributed by atoms with Gasteiger partial charge in [0.05, 0.1) is 6.04 Å². The van der Waals surface area contributed by atoms with Crippen LogP contribution in [0.2, 0.25) is 0 Å². The standard InChI is InChI=1S/C26H20F6N2O3/c1-2-16-4-3-5-17(14-16)23-15-22(33-18-6-10-20(11-7-18)36-25(27,28)29)24(35)34(23)19-8-12-21(13-9-19)37-26(30,31)32/h3-15,23,33H,2H2,1H3. The molecule has 0 spiro atoms.